The molecule has 1 atom stereocenters. The lowest BCUT2D eigenvalue weighted by Crippen LogP contribution is -2.73. The van der Waals surface area contributed by atoms with Gasteiger partial charge in [-0.05, 0) is 65.5 Å². The molecule has 4 aliphatic rings. The summed E-state index contributed by atoms with van der Waals surface area (Å²) in [4.78, 5) is 24.9. The van der Waals surface area contributed by atoms with Crippen LogP contribution in [0, 0.1) is 12.3 Å². The number of hydrogen-bond donors (Lipinski definition) is 2. The molecule has 0 saturated heterocycles. The second kappa shape index (κ2) is 7.85. The number of benzene rings is 3. The quantitative estimate of drug-likeness (QED) is 0.443. The molecule has 0 radical (unpaired) electrons. The van der Waals surface area contributed by atoms with Crippen LogP contribution in [0.5, 0.6) is 0 Å². The van der Waals surface area contributed by atoms with Gasteiger partial charge in [-0.1, -0.05) is 77.8 Å². The molecule has 0 spiro atoms. The first kappa shape index (κ1) is 22.2. The summed E-state index contributed by atoms with van der Waals surface area (Å²) in [5.41, 5.74) is 6.22. The molecule has 1 unspecified atom stereocenters. The van der Waals surface area contributed by atoms with Crippen molar-refractivity contribution in [1.82, 2.24) is 5.32 Å². The zero-order valence-electron chi connectivity index (χ0n) is 19.4. The van der Waals surface area contributed by atoms with Gasteiger partial charge < -0.3 is 15.2 Å². The summed E-state index contributed by atoms with van der Waals surface area (Å²) < 4.78 is 5.61. The minimum absolute atomic E-state index is 0.0712. The second-order valence-electron chi connectivity index (χ2n) is 10.4. The van der Waals surface area contributed by atoms with E-state index in [1.807, 2.05) is 43.3 Å². The summed E-state index contributed by atoms with van der Waals surface area (Å²) >= 11 is 6.46. The Morgan fingerprint density at radius 2 is 1.63 bits per heavy atom. The molecule has 4 aliphatic carbocycles. The summed E-state index contributed by atoms with van der Waals surface area (Å²) in [6.45, 7) is 2.18. The van der Waals surface area contributed by atoms with Crippen LogP contribution < -0.4 is 5.32 Å². The van der Waals surface area contributed by atoms with Crippen molar-refractivity contribution in [3.8, 4) is 11.1 Å². The van der Waals surface area contributed by atoms with E-state index in [0.717, 1.165) is 38.4 Å². The molecule has 7 rings (SSSR count). The van der Waals surface area contributed by atoms with Crippen LogP contribution in [0.1, 0.15) is 47.4 Å². The lowest BCUT2D eigenvalue weighted by Gasteiger charge is -2.72. The Labute approximate surface area is 209 Å². The van der Waals surface area contributed by atoms with Gasteiger partial charge in [0.1, 0.15) is 12.6 Å². The van der Waals surface area contributed by atoms with E-state index >= 15 is 0 Å². The van der Waals surface area contributed by atoms with E-state index in [4.69, 9.17) is 16.3 Å². The molecule has 6 heteroatoms. The van der Waals surface area contributed by atoms with Gasteiger partial charge in [-0.3, -0.25) is 0 Å². The highest BCUT2D eigenvalue weighted by Gasteiger charge is 2.73. The first-order chi connectivity index (χ1) is 16.8. The molecule has 2 bridgehead atoms. The Hall–Kier alpha value is -3.31. The average molecular weight is 488 g/mol. The lowest BCUT2D eigenvalue weighted by atomic mass is 9.31. The minimum Gasteiger partial charge on any atom is -0.480 e. The third-order valence-corrected chi connectivity index (χ3v) is 8.56. The molecule has 0 aromatic heterocycles. The predicted octanol–water partition coefficient (Wildman–Crippen LogP) is 6.06. The fourth-order valence-electron chi connectivity index (χ4n) is 6.74. The number of carboxylic acid groups (broad SMARTS) is 1. The van der Waals surface area contributed by atoms with E-state index in [2.05, 4.69) is 35.6 Å². The topological polar surface area (TPSA) is 75.6 Å². The summed E-state index contributed by atoms with van der Waals surface area (Å²) in [6.07, 6.45) is 1.41. The Morgan fingerprint density at radius 3 is 2.23 bits per heavy atom. The van der Waals surface area contributed by atoms with Crippen molar-refractivity contribution >= 4 is 23.7 Å². The number of rotatable bonds is 6. The maximum absolute atomic E-state index is 12.8. The number of carbonyl (C=O) groups is 2. The molecule has 0 aliphatic heterocycles. The largest absolute Gasteiger partial charge is 0.480 e. The van der Waals surface area contributed by atoms with Crippen molar-refractivity contribution in [2.75, 3.05) is 6.61 Å². The van der Waals surface area contributed by atoms with Crippen LogP contribution in [-0.2, 0) is 14.9 Å². The first-order valence-corrected chi connectivity index (χ1v) is 12.3. The number of ether oxygens (including phenoxy) is 1. The standard InChI is InChI=1S/C29H26ClNO4/c1-17-10-11-24(30)23(12-17)28-14-29(15-28,16-28)25(26(32)33)31-27(34)35-13-22-20-8-4-2-6-18(20)19-7-3-5-9-21(19)22/h2-12,22,25H,13-16H2,1H3,(H,31,34)(H,32,33). The van der Waals surface area contributed by atoms with Gasteiger partial charge in [0.25, 0.3) is 0 Å². The number of amides is 1. The molecule has 178 valence electrons. The van der Waals surface area contributed by atoms with Gasteiger partial charge in [0, 0.05) is 16.4 Å². The SMILES string of the molecule is Cc1ccc(Cl)c(C23CC(C(NC(=O)OCC4c5ccccc5-c5ccccc54)C(=O)O)(C2)C3)c1. The molecule has 5 nitrogen and oxygen atoms in total. The van der Waals surface area contributed by atoms with Crippen LogP contribution in [-0.4, -0.2) is 29.8 Å². The Balaban J connectivity index is 1.13. The molecule has 2 N–H and O–H groups in total. The number of alkyl carbamates (subject to hydrolysis) is 1. The van der Waals surface area contributed by atoms with Crippen molar-refractivity contribution < 1.29 is 19.4 Å². The van der Waals surface area contributed by atoms with Gasteiger partial charge in [0.15, 0.2) is 0 Å². The molecule has 0 heterocycles. The number of carboxylic acids is 1. The third kappa shape index (κ3) is 3.36. The molecule has 1 amide bonds. The number of aryl methyl sites for hydroxylation is 1. The number of fused-ring (bicyclic) bond motifs is 3. The normalized spacial score (nSPS) is 24.4. The number of carbonyl (C=O) groups excluding carboxylic acids is 1. The number of halogens is 1. The summed E-state index contributed by atoms with van der Waals surface area (Å²) in [6, 6.07) is 21.2. The summed E-state index contributed by atoms with van der Waals surface area (Å²) in [5, 5.41) is 13.3. The highest BCUT2D eigenvalue weighted by molar-refractivity contribution is 6.31. The monoisotopic (exact) mass is 487 g/mol. The Bertz CT molecular complexity index is 1300. The number of nitrogens with one attached hydrogen (secondary N) is 1. The second-order valence-corrected chi connectivity index (χ2v) is 10.8. The highest BCUT2D eigenvalue weighted by Crippen LogP contribution is 2.75. The molecule has 3 fully saturated rings. The van der Waals surface area contributed by atoms with Crippen molar-refractivity contribution in [1.29, 1.82) is 0 Å². The van der Waals surface area contributed by atoms with Crippen LogP contribution in [0.25, 0.3) is 11.1 Å². The van der Waals surface area contributed by atoms with Crippen LogP contribution in [0.15, 0.2) is 66.7 Å². The molecule has 3 aromatic carbocycles. The summed E-state index contributed by atoms with van der Waals surface area (Å²) in [5.74, 6) is -1.10. The first-order valence-electron chi connectivity index (χ1n) is 11.9. The van der Waals surface area contributed by atoms with Crippen LogP contribution in [0.3, 0.4) is 0 Å². The smallest absolute Gasteiger partial charge is 0.407 e. The van der Waals surface area contributed by atoms with Crippen molar-refractivity contribution in [2.45, 2.75) is 43.6 Å². The van der Waals surface area contributed by atoms with Gasteiger partial charge in [0.05, 0.1) is 0 Å². The van der Waals surface area contributed by atoms with E-state index in [1.165, 1.54) is 0 Å². The Morgan fingerprint density at radius 1 is 1.03 bits per heavy atom. The van der Waals surface area contributed by atoms with Crippen molar-refractivity contribution in [3.05, 3.63) is 94.0 Å². The van der Waals surface area contributed by atoms with Gasteiger partial charge in [-0.2, -0.15) is 0 Å². The van der Waals surface area contributed by atoms with Crippen LogP contribution in [0.4, 0.5) is 4.79 Å². The molecular formula is C29H26ClNO4. The van der Waals surface area contributed by atoms with Gasteiger partial charge in [0.2, 0.25) is 0 Å². The Kier molecular flexibility index (Phi) is 4.98. The van der Waals surface area contributed by atoms with Gasteiger partial charge in [-0.15, -0.1) is 0 Å². The van der Waals surface area contributed by atoms with E-state index < -0.39 is 23.5 Å². The number of hydrogen-bond acceptors (Lipinski definition) is 3. The fraction of sp³-hybridized carbons (Fsp3) is 0.310. The van der Waals surface area contributed by atoms with E-state index in [1.54, 1.807) is 0 Å². The highest BCUT2D eigenvalue weighted by atomic mass is 35.5. The molecular weight excluding hydrogens is 462 g/mol. The molecule has 35 heavy (non-hydrogen) atoms. The minimum atomic E-state index is -1.03. The lowest BCUT2D eigenvalue weighted by molar-refractivity contribution is -0.183. The fourth-order valence-corrected chi connectivity index (χ4v) is 7.06. The zero-order chi connectivity index (χ0) is 24.4. The number of aliphatic carboxylic acids is 1. The maximum atomic E-state index is 12.8. The molecule has 3 saturated carbocycles. The zero-order valence-corrected chi connectivity index (χ0v) is 20.1. The van der Waals surface area contributed by atoms with Crippen LogP contribution >= 0.6 is 11.6 Å². The van der Waals surface area contributed by atoms with E-state index in [9.17, 15) is 14.7 Å². The molecule has 3 aromatic rings. The predicted molar refractivity (Wildman–Crippen MR) is 134 cm³/mol. The van der Waals surface area contributed by atoms with Crippen molar-refractivity contribution in [2.24, 2.45) is 5.41 Å². The van der Waals surface area contributed by atoms with E-state index in [0.29, 0.717) is 19.3 Å². The van der Waals surface area contributed by atoms with Crippen LogP contribution in [0.2, 0.25) is 5.02 Å². The average Bonchev–Trinajstić information content (AvgIpc) is 3.11. The van der Waals surface area contributed by atoms with Crippen molar-refractivity contribution in [3.63, 3.8) is 0 Å². The van der Waals surface area contributed by atoms with Gasteiger partial charge in [-0.25, -0.2) is 9.59 Å². The maximum Gasteiger partial charge on any atom is 0.407 e. The van der Waals surface area contributed by atoms with Gasteiger partial charge >= 0.3 is 12.1 Å². The third-order valence-electron chi connectivity index (χ3n) is 8.23. The summed E-state index contributed by atoms with van der Waals surface area (Å²) in [7, 11) is 0. The van der Waals surface area contributed by atoms with E-state index in [-0.39, 0.29) is 17.9 Å².